The number of amides is 1. The van der Waals surface area contributed by atoms with Crippen LogP contribution in [0.15, 0.2) is 58.8 Å². The molecule has 5 nitrogen and oxygen atoms in total. The third kappa shape index (κ3) is 5.68. The minimum Gasteiger partial charge on any atom is -0.462 e. The molecule has 1 amide bonds. The minimum atomic E-state index is -0.439. The smallest absolute Gasteiger partial charge is 0.341 e. The molecule has 1 aromatic heterocycles. The van der Waals surface area contributed by atoms with E-state index in [1.807, 2.05) is 67.8 Å². The molecule has 3 rings (SSSR count). The van der Waals surface area contributed by atoms with Gasteiger partial charge in [-0.3, -0.25) is 4.79 Å². The SMILES string of the molecule is CCOC(=O)c1c(-c2ccc(C)cc2)csc1NC(=O)C(CC)Sc1cccc(N)c1. The van der Waals surface area contributed by atoms with E-state index in [9.17, 15) is 9.59 Å². The van der Waals surface area contributed by atoms with Gasteiger partial charge in [0.15, 0.2) is 0 Å². The van der Waals surface area contributed by atoms with Crippen LogP contribution >= 0.6 is 23.1 Å². The fraction of sp³-hybridized carbons (Fsp3) is 0.250. The molecule has 0 aliphatic carbocycles. The number of aryl methyl sites for hydroxylation is 1. The number of carbonyl (C=O) groups is 2. The zero-order chi connectivity index (χ0) is 22.4. The number of rotatable bonds is 8. The number of anilines is 2. The predicted octanol–water partition coefficient (Wildman–Crippen LogP) is 5.99. The molecule has 31 heavy (non-hydrogen) atoms. The molecule has 0 spiro atoms. The van der Waals surface area contributed by atoms with E-state index in [2.05, 4.69) is 5.32 Å². The fourth-order valence-corrected chi connectivity index (χ4v) is 5.05. The summed E-state index contributed by atoms with van der Waals surface area (Å²) in [5.74, 6) is -0.594. The third-order valence-electron chi connectivity index (χ3n) is 4.67. The monoisotopic (exact) mass is 454 g/mol. The van der Waals surface area contributed by atoms with E-state index >= 15 is 0 Å². The Morgan fingerprint density at radius 3 is 2.55 bits per heavy atom. The van der Waals surface area contributed by atoms with Gasteiger partial charge in [0.25, 0.3) is 0 Å². The lowest BCUT2D eigenvalue weighted by Crippen LogP contribution is -2.25. The Kier molecular flexibility index (Phi) is 7.76. The molecule has 3 aromatic rings. The number of ether oxygens (including phenoxy) is 1. The van der Waals surface area contributed by atoms with Crippen molar-refractivity contribution < 1.29 is 14.3 Å². The molecule has 1 heterocycles. The van der Waals surface area contributed by atoms with E-state index in [0.29, 0.717) is 22.7 Å². The second-order valence-electron chi connectivity index (χ2n) is 7.02. The number of thiophene rings is 1. The maximum absolute atomic E-state index is 13.0. The Labute approximate surface area is 191 Å². The van der Waals surface area contributed by atoms with E-state index in [1.165, 1.54) is 23.1 Å². The molecule has 1 atom stereocenters. The second kappa shape index (κ2) is 10.5. The first kappa shape index (κ1) is 22.9. The highest BCUT2D eigenvalue weighted by atomic mass is 32.2. The van der Waals surface area contributed by atoms with Crippen LogP contribution in [-0.2, 0) is 9.53 Å². The van der Waals surface area contributed by atoms with Crippen LogP contribution in [0.5, 0.6) is 0 Å². The average Bonchev–Trinajstić information content (AvgIpc) is 3.16. The largest absolute Gasteiger partial charge is 0.462 e. The summed E-state index contributed by atoms with van der Waals surface area (Å²) in [7, 11) is 0. The van der Waals surface area contributed by atoms with Crippen LogP contribution in [0.3, 0.4) is 0 Å². The summed E-state index contributed by atoms with van der Waals surface area (Å²) in [5, 5.41) is 5.04. The molecule has 0 aliphatic heterocycles. The molecule has 0 fully saturated rings. The van der Waals surface area contributed by atoms with E-state index in [1.54, 1.807) is 6.92 Å². The van der Waals surface area contributed by atoms with E-state index in [0.717, 1.165) is 21.6 Å². The summed E-state index contributed by atoms with van der Waals surface area (Å²) in [4.78, 5) is 26.7. The van der Waals surface area contributed by atoms with Crippen molar-refractivity contribution in [2.24, 2.45) is 0 Å². The van der Waals surface area contributed by atoms with Crippen molar-refractivity contribution in [3.8, 4) is 11.1 Å². The number of hydrogen-bond acceptors (Lipinski definition) is 6. The molecule has 3 N–H and O–H groups in total. The lowest BCUT2D eigenvalue weighted by Gasteiger charge is -2.15. The van der Waals surface area contributed by atoms with Gasteiger partial charge < -0.3 is 15.8 Å². The van der Waals surface area contributed by atoms with Gasteiger partial charge >= 0.3 is 5.97 Å². The first-order chi connectivity index (χ1) is 14.9. The van der Waals surface area contributed by atoms with Crippen LogP contribution in [0.1, 0.15) is 36.2 Å². The number of thioether (sulfide) groups is 1. The summed E-state index contributed by atoms with van der Waals surface area (Å²) in [6, 6.07) is 15.4. The first-order valence-electron chi connectivity index (χ1n) is 10.1. The molecule has 0 saturated heterocycles. The van der Waals surface area contributed by atoms with Crippen molar-refractivity contribution in [3.63, 3.8) is 0 Å². The summed E-state index contributed by atoms with van der Waals surface area (Å²) >= 11 is 2.79. The summed E-state index contributed by atoms with van der Waals surface area (Å²) in [6.45, 7) is 6.00. The molecule has 1 unspecified atom stereocenters. The molecule has 0 radical (unpaired) electrons. The molecule has 162 valence electrons. The van der Waals surface area contributed by atoms with Crippen molar-refractivity contribution in [2.45, 2.75) is 37.3 Å². The van der Waals surface area contributed by atoms with Gasteiger partial charge in [0.05, 0.1) is 11.9 Å². The van der Waals surface area contributed by atoms with Crippen LogP contribution in [0.25, 0.3) is 11.1 Å². The Hall–Kier alpha value is -2.77. The highest BCUT2D eigenvalue weighted by Gasteiger charge is 2.25. The van der Waals surface area contributed by atoms with Crippen LogP contribution in [-0.4, -0.2) is 23.7 Å². The number of nitrogens with one attached hydrogen (secondary N) is 1. The number of benzene rings is 2. The van der Waals surface area contributed by atoms with Crippen LogP contribution in [0.2, 0.25) is 0 Å². The van der Waals surface area contributed by atoms with Gasteiger partial charge in [0.1, 0.15) is 10.6 Å². The molecular formula is C24H26N2O3S2. The number of nitrogen functional groups attached to an aromatic ring is 1. The molecule has 2 aromatic carbocycles. The van der Waals surface area contributed by atoms with E-state index in [4.69, 9.17) is 10.5 Å². The van der Waals surface area contributed by atoms with Crippen molar-refractivity contribution in [1.29, 1.82) is 0 Å². The average molecular weight is 455 g/mol. The van der Waals surface area contributed by atoms with Gasteiger partial charge in [-0.25, -0.2) is 4.79 Å². The quantitative estimate of drug-likeness (QED) is 0.248. The zero-order valence-electron chi connectivity index (χ0n) is 17.8. The minimum absolute atomic E-state index is 0.155. The maximum Gasteiger partial charge on any atom is 0.341 e. The van der Waals surface area contributed by atoms with Crippen molar-refractivity contribution >= 4 is 45.7 Å². The van der Waals surface area contributed by atoms with Gasteiger partial charge in [-0.05, 0) is 44.0 Å². The normalized spacial score (nSPS) is 11.7. The Morgan fingerprint density at radius 2 is 1.90 bits per heavy atom. The van der Waals surface area contributed by atoms with E-state index in [-0.39, 0.29) is 17.8 Å². The number of carbonyl (C=O) groups excluding carboxylic acids is 2. The van der Waals surface area contributed by atoms with Crippen LogP contribution in [0, 0.1) is 6.92 Å². The van der Waals surface area contributed by atoms with Gasteiger partial charge in [-0.15, -0.1) is 23.1 Å². The molecule has 0 bridgehead atoms. The molecular weight excluding hydrogens is 428 g/mol. The van der Waals surface area contributed by atoms with Gasteiger partial charge in [-0.1, -0.05) is 42.8 Å². The fourth-order valence-electron chi connectivity index (χ4n) is 3.07. The summed E-state index contributed by atoms with van der Waals surface area (Å²) in [5.41, 5.74) is 9.72. The Balaban J connectivity index is 1.87. The zero-order valence-corrected chi connectivity index (χ0v) is 19.4. The van der Waals surface area contributed by atoms with Gasteiger partial charge in [0, 0.05) is 21.5 Å². The van der Waals surface area contributed by atoms with Crippen molar-refractivity contribution in [3.05, 3.63) is 65.0 Å². The Bertz CT molecular complexity index is 1060. The highest BCUT2D eigenvalue weighted by molar-refractivity contribution is 8.00. The summed E-state index contributed by atoms with van der Waals surface area (Å²) < 4.78 is 5.29. The molecule has 0 aliphatic rings. The predicted molar refractivity (Wildman–Crippen MR) is 130 cm³/mol. The van der Waals surface area contributed by atoms with Crippen molar-refractivity contribution in [1.82, 2.24) is 0 Å². The third-order valence-corrected chi connectivity index (χ3v) is 6.92. The van der Waals surface area contributed by atoms with Gasteiger partial charge in [0.2, 0.25) is 5.91 Å². The topological polar surface area (TPSA) is 81.4 Å². The molecule has 7 heteroatoms. The van der Waals surface area contributed by atoms with Crippen LogP contribution in [0.4, 0.5) is 10.7 Å². The molecule has 0 saturated carbocycles. The maximum atomic E-state index is 13.0. The summed E-state index contributed by atoms with van der Waals surface area (Å²) in [6.07, 6.45) is 0.635. The van der Waals surface area contributed by atoms with Crippen molar-refractivity contribution in [2.75, 3.05) is 17.7 Å². The highest BCUT2D eigenvalue weighted by Crippen LogP contribution is 2.37. The first-order valence-corrected chi connectivity index (χ1v) is 11.9. The number of hydrogen-bond donors (Lipinski definition) is 2. The second-order valence-corrected chi connectivity index (χ2v) is 9.17. The van der Waals surface area contributed by atoms with Gasteiger partial charge in [-0.2, -0.15) is 0 Å². The standard InChI is InChI=1S/C24H26N2O3S2/c1-4-20(31-18-8-6-7-17(25)13-18)22(27)26-23-21(24(28)29-5-2)19(14-30-23)16-11-9-15(3)10-12-16/h6-14,20H,4-5,25H2,1-3H3,(H,26,27). The van der Waals surface area contributed by atoms with Crippen LogP contribution < -0.4 is 11.1 Å². The van der Waals surface area contributed by atoms with E-state index < -0.39 is 5.97 Å². The lowest BCUT2D eigenvalue weighted by atomic mass is 10.0. The lowest BCUT2D eigenvalue weighted by molar-refractivity contribution is -0.115. The Morgan fingerprint density at radius 1 is 1.16 bits per heavy atom. The number of nitrogens with two attached hydrogens (primary N) is 1. The number of esters is 1.